The van der Waals surface area contributed by atoms with Crippen molar-refractivity contribution in [1.82, 2.24) is 0 Å². The summed E-state index contributed by atoms with van der Waals surface area (Å²) in [5, 5.41) is 3.30. The van der Waals surface area contributed by atoms with Crippen molar-refractivity contribution in [2.45, 2.75) is 90.9 Å². The summed E-state index contributed by atoms with van der Waals surface area (Å²) in [5.74, 6) is 0.662. The predicted octanol–water partition coefficient (Wildman–Crippen LogP) is 6.06. The van der Waals surface area contributed by atoms with E-state index in [9.17, 15) is 4.79 Å². The third kappa shape index (κ3) is 11.0. The van der Waals surface area contributed by atoms with Gasteiger partial charge < -0.3 is 9.73 Å². The molecule has 0 aliphatic carbocycles. The van der Waals surface area contributed by atoms with Crippen LogP contribution in [0, 0.1) is 6.92 Å². The standard InChI is InChI=1S/C20H35NO2/c1-3-4-5-6-7-8-9-10-11-12-13-14-15-21-19-16-18(2)23-20(22)17-19/h16-17,21H,3-15H2,1-2H3. The molecule has 1 aromatic rings. The molecule has 0 aromatic carbocycles. The summed E-state index contributed by atoms with van der Waals surface area (Å²) in [5.41, 5.74) is 0.601. The predicted molar refractivity (Wildman–Crippen MR) is 99.3 cm³/mol. The Labute approximate surface area is 141 Å². The first-order chi connectivity index (χ1) is 11.2. The Morgan fingerprint density at radius 3 is 1.87 bits per heavy atom. The van der Waals surface area contributed by atoms with E-state index >= 15 is 0 Å². The van der Waals surface area contributed by atoms with E-state index in [1.165, 1.54) is 76.7 Å². The molecule has 0 saturated heterocycles. The van der Waals surface area contributed by atoms with Gasteiger partial charge in [0.1, 0.15) is 5.76 Å². The van der Waals surface area contributed by atoms with Crippen molar-refractivity contribution in [2.75, 3.05) is 11.9 Å². The van der Waals surface area contributed by atoms with Gasteiger partial charge in [0.25, 0.3) is 0 Å². The summed E-state index contributed by atoms with van der Waals surface area (Å²) in [6, 6.07) is 3.40. The highest BCUT2D eigenvalue weighted by molar-refractivity contribution is 5.41. The van der Waals surface area contributed by atoms with Crippen LogP contribution in [-0.4, -0.2) is 6.54 Å². The average Bonchev–Trinajstić information content (AvgIpc) is 2.51. The van der Waals surface area contributed by atoms with E-state index in [1.807, 2.05) is 6.07 Å². The van der Waals surface area contributed by atoms with Crippen molar-refractivity contribution < 1.29 is 4.42 Å². The Morgan fingerprint density at radius 1 is 0.826 bits per heavy atom. The lowest BCUT2D eigenvalue weighted by Crippen LogP contribution is -2.06. The lowest BCUT2D eigenvalue weighted by Gasteiger charge is -2.06. The monoisotopic (exact) mass is 321 g/mol. The van der Waals surface area contributed by atoms with Crippen LogP contribution >= 0.6 is 0 Å². The van der Waals surface area contributed by atoms with E-state index in [-0.39, 0.29) is 5.63 Å². The van der Waals surface area contributed by atoms with Crippen molar-refractivity contribution in [3.8, 4) is 0 Å². The number of aryl methyl sites for hydroxylation is 1. The lowest BCUT2D eigenvalue weighted by molar-refractivity contribution is 0.481. The van der Waals surface area contributed by atoms with Crippen molar-refractivity contribution in [1.29, 1.82) is 0 Å². The first-order valence-corrected chi connectivity index (χ1v) is 9.58. The van der Waals surface area contributed by atoms with E-state index in [0.29, 0.717) is 5.76 Å². The minimum Gasteiger partial charge on any atom is -0.428 e. The minimum atomic E-state index is -0.276. The van der Waals surface area contributed by atoms with Gasteiger partial charge in [-0.2, -0.15) is 0 Å². The quantitative estimate of drug-likeness (QED) is 0.423. The maximum absolute atomic E-state index is 11.2. The highest BCUT2D eigenvalue weighted by atomic mass is 16.4. The fourth-order valence-electron chi connectivity index (χ4n) is 2.91. The first-order valence-electron chi connectivity index (χ1n) is 9.58. The van der Waals surface area contributed by atoms with Crippen LogP contribution in [0.1, 0.15) is 89.7 Å². The summed E-state index contributed by atoms with van der Waals surface area (Å²) in [7, 11) is 0. The molecule has 132 valence electrons. The Morgan fingerprint density at radius 2 is 1.35 bits per heavy atom. The van der Waals surface area contributed by atoms with Gasteiger partial charge >= 0.3 is 5.63 Å². The zero-order valence-corrected chi connectivity index (χ0v) is 15.2. The molecule has 0 unspecified atom stereocenters. The fourth-order valence-corrected chi connectivity index (χ4v) is 2.91. The molecule has 0 atom stereocenters. The molecule has 0 saturated carbocycles. The van der Waals surface area contributed by atoms with Crippen molar-refractivity contribution in [3.05, 3.63) is 28.3 Å². The molecule has 0 aliphatic rings. The van der Waals surface area contributed by atoms with Gasteiger partial charge in [-0.15, -0.1) is 0 Å². The van der Waals surface area contributed by atoms with Gasteiger partial charge in [0.2, 0.25) is 0 Å². The highest BCUT2D eigenvalue weighted by Crippen LogP contribution is 2.12. The number of rotatable bonds is 14. The first kappa shape index (κ1) is 19.8. The largest absolute Gasteiger partial charge is 0.428 e. The highest BCUT2D eigenvalue weighted by Gasteiger charge is 1.97. The van der Waals surface area contributed by atoms with Gasteiger partial charge in [0.15, 0.2) is 0 Å². The smallest absolute Gasteiger partial charge is 0.337 e. The molecule has 0 fully saturated rings. The topological polar surface area (TPSA) is 42.2 Å². The number of hydrogen-bond donors (Lipinski definition) is 1. The molecule has 1 N–H and O–H groups in total. The lowest BCUT2D eigenvalue weighted by atomic mass is 10.1. The SMILES string of the molecule is CCCCCCCCCCCCCCNc1cc(C)oc(=O)c1. The van der Waals surface area contributed by atoms with Gasteiger partial charge in [0.05, 0.1) is 0 Å². The molecule has 3 nitrogen and oxygen atoms in total. The van der Waals surface area contributed by atoms with Gasteiger partial charge in [0, 0.05) is 18.3 Å². The molecule has 23 heavy (non-hydrogen) atoms. The third-order valence-corrected chi connectivity index (χ3v) is 4.25. The van der Waals surface area contributed by atoms with Crippen LogP contribution in [0.4, 0.5) is 5.69 Å². The van der Waals surface area contributed by atoms with Crippen LogP contribution < -0.4 is 10.9 Å². The normalized spacial score (nSPS) is 10.9. The third-order valence-electron chi connectivity index (χ3n) is 4.25. The van der Waals surface area contributed by atoms with Crippen molar-refractivity contribution in [2.24, 2.45) is 0 Å². The van der Waals surface area contributed by atoms with Gasteiger partial charge in [-0.05, 0) is 19.4 Å². The zero-order valence-electron chi connectivity index (χ0n) is 15.2. The molecule has 0 amide bonds. The summed E-state index contributed by atoms with van der Waals surface area (Å²) in [4.78, 5) is 11.2. The summed E-state index contributed by atoms with van der Waals surface area (Å²) in [6.07, 6.45) is 16.4. The van der Waals surface area contributed by atoms with Crippen molar-refractivity contribution in [3.63, 3.8) is 0 Å². The number of unbranched alkanes of at least 4 members (excludes halogenated alkanes) is 11. The summed E-state index contributed by atoms with van der Waals surface area (Å²) >= 11 is 0. The molecule has 1 aromatic heterocycles. The second-order valence-electron chi connectivity index (χ2n) is 6.59. The maximum atomic E-state index is 11.2. The minimum absolute atomic E-state index is 0.276. The number of hydrogen-bond acceptors (Lipinski definition) is 3. The molecule has 0 spiro atoms. The second kappa shape index (κ2) is 13.2. The number of anilines is 1. The molecular weight excluding hydrogens is 286 g/mol. The van der Waals surface area contributed by atoms with Gasteiger partial charge in [-0.1, -0.05) is 77.6 Å². The molecule has 0 aliphatic heterocycles. The summed E-state index contributed by atoms with van der Waals surface area (Å²) < 4.78 is 4.94. The van der Waals surface area contributed by atoms with Crippen LogP contribution in [0.5, 0.6) is 0 Å². The van der Waals surface area contributed by atoms with E-state index < -0.39 is 0 Å². The second-order valence-corrected chi connectivity index (χ2v) is 6.59. The Balaban J connectivity index is 1.87. The Bertz CT molecular complexity index is 453. The zero-order chi connectivity index (χ0) is 16.8. The number of nitrogens with one attached hydrogen (secondary N) is 1. The van der Waals surface area contributed by atoms with E-state index in [1.54, 1.807) is 6.92 Å². The molecule has 1 rings (SSSR count). The van der Waals surface area contributed by atoms with Crippen LogP contribution in [0.3, 0.4) is 0 Å². The van der Waals surface area contributed by atoms with Crippen LogP contribution in [0.15, 0.2) is 21.3 Å². The molecule has 0 radical (unpaired) electrons. The molecular formula is C20H35NO2. The fraction of sp³-hybridized carbons (Fsp3) is 0.750. The maximum Gasteiger partial charge on any atom is 0.337 e. The molecule has 0 bridgehead atoms. The summed E-state index contributed by atoms with van der Waals surface area (Å²) in [6.45, 7) is 5.00. The molecule has 3 heteroatoms. The Kier molecular flexibility index (Phi) is 11.4. The van der Waals surface area contributed by atoms with Crippen LogP contribution in [-0.2, 0) is 0 Å². The van der Waals surface area contributed by atoms with E-state index in [2.05, 4.69) is 12.2 Å². The molecule has 1 heterocycles. The van der Waals surface area contributed by atoms with Gasteiger partial charge in [-0.3, -0.25) is 0 Å². The van der Waals surface area contributed by atoms with Crippen molar-refractivity contribution >= 4 is 5.69 Å². The van der Waals surface area contributed by atoms with E-state index in [0.717, 1.165) is 18.7 Å². The van der Waals surface area contributed by atoms with Gasteiger partial charge in [-0.25, -0.2) is 4.79 Å². The van der Waals surface area contributed by atoms with Crippen LogP contribution in [0.2, 0.25) is 0 Å². The average molecular weight is 322 g/mol. The van der Waals surface area contributed by atoms with E-state index in [4.69, 9.17) is 4.42 Å². The Hall–Kier alpha value is -1.25. The van der Waals surface area contributed by atoms with Crippen LogP contribution in [0.25, 0.3) is 0 Å².